The summed E-state index contributed by atoms with van der Waals surface area (Å²) in [5, 5.41) is 13.0. The van der Waals surface area contributed by atoms with E-state index in [1.165, 1.54) is 0 Å². The van der Waals surface area contributed by atoms with Gasteiger partial charge in [0.05, 0.1) is 16.5 Å². The Morgan fingerprint density at radius 3 is 2.35 bits per heavy atom. The van der Waals surface area contributed by atoms with E-state index in [1.54, 1.807) is 30.9 Å². The van der Waals surface area contributed by atoms with Gasteiger partial charge < -0.3 is 10.4 Å². The molecule has 4 aromatic rings. The van der Waals surface area contributed by atoms with Crippen molar-refractivity contribution in [3.63, 3.8) is 0 Å². The molecule has 1 amide bonds. The second-order valence-corrected chi connectivity index (χ2v) is 12.9. The maximum absolute atomic E-state index is 13.6. The summed E-state index contributed by atoms with van der Waals surface area (Å²) in [6.07, 6.45) is 7.29. The van der Waals surface area contributed by atoms with Crippen LogP contribution in [0, 0.1) is 0 Å². The quantitative estimate of drug-likeness (QED) is 0.322. The van der Waals surface area contributed by atoms with Crippen molar-refractivity contribution in [3.05, 3.63) is 102 Å². The minimum absolute atomic E-state index is 0.0629. The van der Waals surface area contributed by atoms with Gasteiger partial charge in [-0.05, 0) is 85.8 Å². The van der Waals surface area contributed by atoms with E-state index in [2.05, 4.69) is 21.4 Å². The van der Waals surface area contributed by atoms with Gasteiger partial charge in [0.15, 0.2) is 0 Å². The first-order valence-corrected chi connectivity index (χ1v) is 14.4. The fraction of sp³-hybridized carbons (Fsp3) is 0.290. The summed E-state index contributed by atoms with van der Waals surface area (Å²) in [5.74, 6) is -0.291. The molecule has 2 N–H and O–H groups in total. The maximum Gasteiger partial charge on any atom is 0.270 e. The number of nitrogens with one attached hydrogen (secondary N) is 1. The van der Waals surface area contributed by atoms with E-state index in [1.807, 2.05) is 67.5 Å². The Bertz CT molecular complexity index is 1520. The Morgan fingerprint density at radius 1 is 1.00 bits per heavy atom. The molecule has 0 spiro atoms. The van der Waals surface area contributed by atoms with Gasteiger partial charge in [-0.2, -0.15) is 0 Å². The zero-order chi connectivity index (χ0) is 28.3. The van der Waals surface area contributed by atoms with Crippen LogP contribution in [-0.4, -0.2) is 45.8 Å². The highest BCUT2D eigenvalue weighted by Crippen LogP contribution is 2.44. The van der Waals surface area contributed by atoms with E-state index < -0.39 is 15.7 Å². The van der Waals surface area contributed by atoms with Crippen LogP contribution >= 0.6 is 0 Å². The average Bonchev–Trinajstić information content (AvgIpc) is 3.33. The van der Waals surface area contributed by atoms with Crippen LogP contribution in [0.3, 0.4) is 0 Å². The zero-order valence-corrected chi connectivity index (χ0v) is 23.7. The topological polar surface area (TPSA) is 108 Å². The van der Waals surface area contributed by atoms with Crippen molar-refractivity contribution in [2.45, 2.75) is 51.1 Å². The minimum Gasteiger partial charge on any atom is -0.396 e. The number of pyridine rings is 3. The van der Waals surface area contributed by atoms with Crippen LogP contribution in [0.4, 0.5) is 0 Å². The van der Waals surface area contributed by atoms with Crippen molar-refractivity contribution in [1.29, 1.82) is 0 Å². The highest BCUT2D eigenvalue weighted by molar-refractivity contribution is 7.84. The smallest absolute Gasteiger partial charge is 0.270 e. The number of aromatic nitrogens is 3. The van der Waals surface area contributed by atoms with Crippen LogP contribution in [0.2, 0.25) is 0 Å². The van der Waals surface area contributed by atoms with Crippen LogP contribution < -0.4 is 5.32 Å². The summed E-state index contributed by atoms with van der Waals surface area (Å²) < 4.78 is 15.1. The number of hydrogen-bond donors (Lipinski definition) is 2. The lowest BCUT2D eigenvalue weighted by Crippen LogP contribution is -2.36. The lowest BCUT2D eigenvalue weighted by Gasteiger charge is -2.30. The van der Waals surface area contributed by atoms with Crippen molar-refractivity contribution < 1.29 is 14.1 Å². The van der Waals surface area contributed by atoms with Crippen molar-refractivity contribution in [1.82, 2.24) is 24.6 Å². The number of carbonyl (C=O) groups excluding carboxylic acids is 1. The maximum atomic E-state index is 13.6. The van der Waals surface area contributed by atoms with E-state index in [0.717, 1.165) is 33.4 Å². The molecule has 0 fully saturated rings. The molecule has 1 aliphatic heterocycles. The predicted octanol–water partition coefficient (Wildman–Crippen LogP) is 4.84. The standard InChI is InChI=1S/C31H33N5O3S/c1-31(2,3)40(39)36-20-25-18-26(30(38)34-19-21-7-12-32-13-8-21)35-29(28(25)27(36)11-16-37)24-6-4-5-23(17-24)22-9-14-33-15-10-22/h4-10,12-15,17-18,27,37H,11,16,19-20H2,1-3H3,(H,34,38)/t27-,40-/m1/s1. The summed E-state index contributed by atoms with van der Waals surface area (Å²) in [7, 11) is -1.33. The van der Waals surface area contributed by atoms with Gasteiger partial charge in [-0.3, -0.25) is 14.8 Å². The molecule has 1 aliphatic rings. The molecule has 4 heterocycles. The normalized spacial score (nSPS) is 15.9. The molecule has 0 unspecified atom stereocenters. The molecule has 0 saturated carbocycles. The number of rotatable bonds is 8. The zero-order valence-electron chi connectivity index (χ0n) is 22.9. The van der Waals surface area contributed by atoms with Gasteiger partial charge in [0.2, 0.25) is 0 Å². The Kier molecular flexibility index (Phi) is 8.16. The molecule has 2 atom stereocenters. The fourth-order valence-electron chi connectivity index (χ4n) is 4.97. The lowest BCUT2D eigenvalue weighted by atomic mass is 9.94. The molecule has 0 radical (unpaired) electrons. The van der Waals surface area contributed by atoms with Gasteiger partial charge in [0.1, 0.15) is 16.7 Å². The molecule has 206 valence electrons. The third-order valence-electron chi connectivity index (χ3n) is 6.88. The summed E-state index contributed by atoms with van der Waals surface area (Å²) >= 11 is 0. The van der Waals surface area contributed by atoms with Crippen LogP contribution in [0.25, 0.3) is 22.4 Å². The summed E-state index contributed by atoms with van der Waals surface area (Å²) in [4.78, 5) is 26.4. The molecule has 0 bridgehead atoms. The Hall–Kier alpha value is -3.79. The first kappa shape index (κ1) is 27.8. The monoisotopic (exact) mass is 555 g/mol. The molecule has 1 aromatic carbocycles. The van der Waals surface area contributed by atoms with E-state index in [-0.39, 0.29) is 18.6 Å². The molecular formula is C31H33N5O3S. The van der Waals surface area contributed by atoms with Gasteiger partial charge >= 0.3 is 0 Å². The largest absolute Gasteiger partial charge is 0.396 e. The fourth-order valence-corrected chi connectivity index (χ4v) is 6.37. The number of aliphatic hydroxyl groups excluding tert-OH is 1. The average molecular weight is 556 g/mol. The molecule has 8 nitrogen and oxygen atoms in total. The van der Waals surface area contributed by atoms with E-state index in [9.17, 15) is 14.1 Å². The molecule has 3 aromatic heterocycles. The Labute approximate surface area is 237 Å². The van der Waals surface area contributed by atoms with E-state index >= 15 is 0 Å². The molecule has 0 aliphatic carbocycles. The second kappa shape index (κ2) is 11.8. The van der Waals surface area contributed by atoms with Crippen LogP contribution in [0.15, 0.2) is 79.4 Å². The Morgan fingerprint density at radius 2 is 1.68 bits per heavy atom. The Balaban J connectivity index is 1.60. The minimum atomic E-state index is -1.33. The number of aliphatic hydroxyl groups is 1. The van der Waals surface area contributed by atoms with Gasteiger partial charge in [-0.25, -0.2) is 13.5 Å². The van der Waals surface area contributed by atoms with Crippen molar-refractivity contribution >= 4 is 16.9 Å². The summed E-state index contributed by atoms with van der Waals surface area (Å²) in [6.45, 7) is 6.51. The predicted molar refractivity (Wildman–Crippen MR) is 156 cm³/mol. The third kappa shape index (κ3) is 5.86. The highest BCUT2D eigenvalue weighted by atomic mass is 32.2. The number of amides is 1. The molecule has 9 heteroatoms. The number of benzene rings is 1. The number of nitrogens with zero attached hydrogens (tertiary/aromatic N) is 4. The van der Waals surface area contributed by atoms with Crippen molar-refractivity contribution in [2.75, 3.05) is 6.61 Å². The van der Waals surface area contributed by atoms with Crippen molar-refractivity contribution in [2.24, 2.45) is 0 Å². The third-order valence-corrected chi connectivity index (χ3v) is 8.73. The second-order valence-electron chi connectivity index (χ2n) is 10.7. The van der Waals surface area contributed by atoms with Crippen LogP contribution in [-0.2, 0) is 24.1 Å². The molecule has 40 heavy (non-hydrogen) atoms. The van der Waals surface area contributed by atoms with Gasteiger partial charge in [0, 0.05) is 55.6 Å². The molecular weight excluding hydrogens is 522 g/mol. The summed E-state index contributed by atoms with van der Waals surface area (Å²) in [5.41, 5.74) is 6.55. The molecule has 5 rings (SSSR count). The van der Waals surface area contributed by atoms with Gasteiger partial charge in [-0.1, -0.05) is 18.2 Å². The number of hydrogen-bond acceptors (Lipinski definition) is 6. The van der Waals surface area contributed by atoms with Crippen LogP contribution in [0.5, 0.6) is 0 Å². The van der Waals surface area contributed by atoms with Crippen LogP contribution in [0.1, 0.15) is 60.4 Å². The van der Waals surface area contributed by atoms with E-state index in [0.29, 0.717) is 30.9 Å². The first-order valence-electron chi connectivity index (χ1n) is 13.3. The van der Waals surface area contributed by atoms with Crippen molar-refractivity contribution in [3.8, 4) is 22.4 Å². The number of fused-ring (bicyclic) bond motifs is 1. The van der Waals surface area contributed by atoms with E-state index in [4.69, 9.17) is 4.98 Å². The first-order chi connectivity index (χ1) is 19.3. The lowest BCUT2D eigenvalue weighted by molar-refractivity contribution is 0.0946. The van der Waals surface area contributed by atoms with Gasteiger partial charge in [0.25, 0.3) is 5.91 Å². The highest BCUT2D eigenvalue weighted by Gasteiger charge is 2.40. The SMILES string of the molecule is CC(C)(C)[S@@](=O)N1Cc2cc(C(=O)NCc3ccncc3)nc(-c3cccc(-c4ccncc4)c3)c2[C@H]1CCO. The number of carbonyl (C=O) groups is 1. The summed E-state index contributed by atoms with van der Waals surface area (Å²) in [6, 6.07) is 17.1. The molecule has 0 saturated heterocycles. The van der Waals surface area contributed by atoms with Gasteiger partial charge in [-0.15, -0.1) is 0 Å².